The van der Waals surface area contributed by atoms with Crippen molar-refractivity contribution >= 4 is 6.09 Å². The van der Waals surface area contributed by atoms with E-state index in [-0.39, 0.29) is 12.2 Å². The molecule has 0 fully saturated rings. The third-order valence-electron chi connectivity index (χ3n) is 1.67. The smallest absolute Gasteiger partial charge is 0.407 e. The number of hydrogen-bond acceptors (Lipinski definition) is 3. The Hall–Kier alpha value is -0.770. The summed E-state index contributed by atoms with van der Waals surface area (Å²) in [7, 11) is 0. The van der Waals surface area contributed by atoms with Crippen LogP contribution in [0, 0.1) is 0 Å². The Morgan fingerprint density at radius 3 is 2.47 bits per heavy atom. The summed E-state index contributed by atoms with van der Waals surface area (Å²) >= 11 is 0. The Balaban J connectivity index is 3.55. The Morgan fingerprint density at radius 2 is 2.00 bits per heavy atom. The molecule has 0 saturated heterocycles. The Kier molecular flexibility index (Phi) is 6.32. The highest BCUT2D eigenvalue weighted by molar-refractivity contribution is 5.67. The van der Waals surface area contributed by atoms with Gasteiger partial charge in [-0.1, -0.05) is 0 Å². The number of ether oxygens (including phenoxy) is 2. The van der Waals surface area contributed by atoms with Gasteiger partial charge < -0.3 is 14.8 Å². The normalized spacial score (nSPS) is 13.4. The van der Waals surface area contributed by atoms with E-state index < -0.39 is 5.60 Å². The third kappa shape index (κ3) is 9.53. The summed E-state index contributed by atoms with van der Waals surface area (Å²) in [5.74, 6) is 0. The Bertz CT molecular complexity index is 187. The molecule has 4 nitrogen and oxygen atoms in total. The Labute approximate surface area is 92.3 Å². The van der Waals surface area contributed by atoms with Gasteiger partial charge >= 0.3 is 6.09 Å². The van der Waals surface area contributed by atoms with E-state index >= 15 is 0 Å². The molecule has 90 valence electrons. The van der Waals surface area contributed by atoms with Crippen LogP contribution in [-0.4, -0.2) is 30.9 Å². The molecule has 0 aliphatic carbocycles. The van der Waals surface area contributed by atoms with Crippen molar-refractivity contribution < 1.29 is 14.3 Å². The third-order valence-corrected chi connectivity index (χ3v) is 1.67. The lowest BCUT2D eigenvalue weighted by atomic mass is 10.2. The molecule has 0 saturated carbocycles. The average Bonchev–Trinajstić information content (AvgIpc) is 2.00. The number of alkyl carbamates (subject to hydrolysis) is 1. The van der Waals surface area contributed by atoms with Gasteiger partial charge in [0.25, 0.3) is 0 Å². The molecule has 0 heterocycles. The minimum Gasteiger partial charge on any atom is -0.444 e. The van der Waals surface area contributed by atoms with Gasteiger partial charge in [0, 0.05) is 13.2 Å². The van der Waals surface area contributed by atoms with E-state index in [1.165, 1.54) is 0 Å². The fraction of sp³-hybridized carbons (Fsp3) is 0.909. The second-order valence-electron chi connectivity index (χ2n) is 4.48. The first-order chi connectivity index (χ1) is 6.85. The molecule has 0 aromatic rings. The molecule has 0 rings (SSSR count). The number of amides is 1. The van der Waals surface area contributed by atoms with Gasteiger partial charge in [-0.15, -0.1) is 0 Å². The number of rotatable bonds is 5. The molecule has 0 aliphatic rings. The van der Waals surface area contributed by atoms with Gasteiger partial charge in [-0.3, -0.25) is 0 Å². The molecule has 0 bridgehead atoms. The van der Waals surface area contributed by atoms with Crippen molar-refractivity contribution in [2.24, 2.45) is 0 Å². The molecule has 4 heteroatoms. The fourth-order valence-electron chi connectivity index (χ4n) is 1.06. The van der Waals surface area contributed by atoms with Gasteiger partial charge in [0.2, 0.25) is 0 Å². The van der Waals surface area contributed by atoms with Crippen LogP contribution in [0.3, 0.4) is 0 Å². The summed E-state index contributed by atoms with van der Waals surface area (Å²) in [5.41, 5.74) is -0.435. The molecule has 1 unspecified atom stereocenters. The van der Waals surface area contributed by atoms with Crippen LogP contribution in [0.1, 0.15) is 41.0 Å². The number of carbonyl (C=O) groups is 1. The van der Waals surface area contributed by atoms with Crippen LogP contribution in [0.4, 0.5) is 4.79 Å². The number of nitrogens with one attached hydrogen (secondary N) is 1. The lowest BCUT2D eigenvalue weighted by molar-refractivity contribution is 0.0487. The topological polar surface area (TPSA) is 47.6 Å². The van der Waals surface area contributed by atoms with E-state index in [9.17, 15) is 4.79 Å². The molecule has 0 aliphatic heterocycles. The number of hydrogen-bond donors (Lipinski definition) is 1. The molecule has 1 amide bonds. The zero-order chi connectivity index (χ0) is 11.9. The largest absolute Gasteiger partial charge is 0.444 e. The van der Waals surface area contributed by atoms with Crippen molar-refractivity contribution in [3.8, 4) is 0 Å². The van der Waals surface area contributed by atoms with Crippen molar-refractivity contribution in [2.45, 2.75) is 52.7 Å². The van der Waals surface area contributed by atoms with E-state index in [0.29, 0.717) is 13.2 Å². The van der Waals surface area contributed by atoms with Crippen LogP contribution in [-0.2, 0) is 9.47 Å². The zero-order valence-electron chi connectivity index (χ0n) is 10.4. The van der Waals surface area contributed by atoms with Crippen LogP contribution in [0.5, 0.6) is 0 Å². The van der Waals surface area contributed by atoms with Gasteiger partial charge in [-0.05, 0) is 41.0 Å². The zero-order valence-corrected chi connectivity index (χ0v) is 10.4. The first-order valence-electron chi connectivity index (χ1n) is 5.43. The van der Waals surface area contributed by atoms with Crippen LogP contribution in [0.2, 0.25) is 0 Å². The maximum Gasteiger partial charge on any atom is 0.407 e. The maximum atomic E-state index is 11.2. The lowest BCUT2D eigenvalue weighted by Gasteiger charge is -2.20. The van der Waals surface area contributed by atoms with Crippen LogP contribution < -0.4 is 5.32 Å². The summed E-state index contributed by atoms with van der Waals surface area (Å²) in [6.45, 7) is 10.8. The number of carbonyl (C=O) groups excluding carboxylic acids is 1. The quantitative estimate of drug-likeness (QED) is 0.768. The molecule has 0 spiro atoms. The molecule has 0 aromatic carbocycles. The Morgan fingerprint density at radius 1 is 1.40 bits per heavy atom. The lowest BCUT2D eigenvalue weighted by Crippen LogP contribution is -2.34. The van der Waals surface area contributed by atoms with Crippen molar-refractivity contribution in [1.29, 1.82) is 0 Å². The molecule has 1 N–H and O–H groups in total. The van der Waals surface area contributed by atoms with Crippen molar-refractivity contribution in [2.75, 3.05) is 13.2 Å². The molecule has 15 heavy (non-hydrogen) atoms. The van der Waals surface area contributed by atoms with E-state index in [1.54, 1.807) is 0 Å². The van der Waals surface area contributed by atoms with Crippen LogP contribution in [0.25, 0.3) is 0 Å². The molecular formula is C11H23NO3. The summed E-state index contributed by atoms with van der Waals surface area (Å²) in [6, 6.07) is 0. The summed E-state index contributed by atoms with van der Waals surface area (Å²) < 4.78 is 10.4. The molecule has 1 atom stereocenters. The predicted octanol–water partition coefficient (Wildman–Crippen LogP) is 2.33. The minimum absolute atomic E-state index is 0.171. The van der Waals surface area contributed by atoms with Crippen molar-refractivity contribution in [3.63, 3.8) is 0 Å². The molecular weight excluding hydrogens is 194 g/mol. The van der Waals surface area contributed by atoms with E-state index in [1.807, 2.05) is 34.6 Å². The highest BCUT2D eigenvalue weighted by atomic mass is 16.6. The fourth-order valence-corrected chi connectivity index (χ4v) is 1.06. The summed E-state index contributed by atoms with van der Waals surface area (Å²) in [5, 5.41) is 2.69. The van der Waals surface area contributed by atoms with Gasteiger partial charge in [-0.25, -0.2) is 4.79 Å². The van der Waals surface area contributed by atoms with Crippen LogP contribution >= 0.6 is 0 Å². The highest BCUT2D eigenvalue weighted by Gasteiger charge is 2.15. The van der Waals surface area contributed by atoms with Crippen molar-refractivity contribution in [1.82, 2.24) is 5.32 Å². The first kappa shape index (κ1) is 14.2. The minimum atomic E-state index is -0.435. The second-order valence-corrected chi connectivity index (χ2v) is 4.48. The van der Waals surface area contributed by atoms with Crippen molar-refractivity contribution in [3.05, 3.63) is 0 Å². The van der Waals surface area contributed by atoms with Gasteiger partial charge in [0.1, 0.15) is 5.60 Å². The maximum absolute atomic E-state index is 11.2. The van der Waals surface area contributed by atoms with Crippen LogP contribution in [0.15, 0.2) is 0 Å². The first-order valence-corrected chi connectivity index (χ1v) is 5.43. The monoisotopic (exact) mass is 217 g/mol. The van der Waals surface area contributed by atoms with E-state index in [2.05, 4.69) is 5.32 Å². The van der Waals surface area contributed by atoms with E-state index in [4.69, 9.17) is 9.47 Å². The SMILES string of the molecule is CCOC(C)CCNC(=O)OC(C)(C)C. The van der Waals surface area contributed by atoms with Gasteiger partial charge in [0.05, 0.1) is 6.10 Å². The van der Waals surface area contributed by atoms with Gasteiger partial charge in [-0.2, -0.15) is 0 Å². The summed E-state index contributed by atoms with van der Waals surface area (Å²) in [4.78, 5) is 11.2. The highest BCUT2D eigenvalue weighted by Crippen LogP contribution is 2.06. The molecule has 0 radical (unpaired) electrons. The standard InChI is InChI=1S/C11H23NO3/c1-6-14-9(2)7-8-12-10(13)15-11(3,4)5/h9H,6-8H2,1-5H3,(H,12,13). The average molecular weight is 217 g/mol. The molecule has 0 aromatic heterocycles. The summed E-state index contributed by atoms with van der Waals surface area (Å²) in [6.07, 6.45) is 0.601. The second kappa shape index (κ2) is 6.67. The van der Waals surface area contributed by atoms with Gasteiger partial charge in [0.15, 0.2) is 0 Å². The van der Waals surface area contributed by atoms with E-state index in [0.717, 1.165) is 6.42 Å². The predicted molar refractivity (Wildman–Crippen MR) is 59.9 cm³/mol.